The van der Waals surface area contributed by atoms with E-state index in [2.05, 4.69) is 37.4 Å². The lowest BCUT2D eigenvalue weighted by molar-refractivity contribution is -0.123. The number of carbonyl (C=O) groups is 1. The summed E-state index contributed by atoms with van der Waals surface area (Å²) in [6, 6.07) is 7.80. The van der Waals surface area contributed by atoms with Crippen molar-refractivity contribution in [1.82, 2.24) is 35.2 Å². The Morgan fingerprint density at radius 3 is 2.53 bits per heavy atom. The number of hydrogen-bond donors (Lipinski definition) is 3. The molecule has 8 rings (SSSR count). The summed E-state index contributed by atoms with van der Waals surface area (Å²) < 4.78 is 123. The molecule has 3 N–H and O–H groups in total. The molecule has 3 aliphatic rings. The topological polar surface area (TPSA) is 145 Å². The molecule has 2 aromatic carbocycles. The molecule has 2 fully saturated rings. The minimum absolute atomic E-state index is 0.0292. The van der Waals surface area contributed by atoms with Crippen molar-refractivity contribution in [2.45, 2.75) is 49.8 Å². The molecule has 304 valence electrons. The molecular formula is C38H33ClF6N8O4S. The molecule has 1 saturated carbocycles. The number of halogens is 7. The zero-order valence-electron chi connectivity index (χ0n) is 30.6. The Hall–Kier alpha value is -5.16. The van der Waals surface area contributed by atoms with Gasteiger partial charge in [-0.25, -0.2) is 31.0 Å². The fourth-order valence-corrected chi connectivity index (χ4v) is 8.56. The van der Waals surface area contributed by atoms with Gasteiger partial charge in [0, 0.05) is 48.8 Å². The number of alkyl halides is 4. The molecule has 58 heavy (non-hydrogen) atoms. The number of anilines is 1. The van der Waals surface area contributed by atoms with Gasteiger partial charge in [0.2, 0.25) is 15.9 Å². The van der Waals surface area contributed by atoms with Crippen LogP contribution < -0.4 is 15.4 Å². The third kappa shape index (κ3) is 7.61. The normalized spacial score (nSPS) is 20.0. The Bertz CT molecular complexity index is 2640. The van der Waals surface area contributed by atoms with Crippen LogP contribution in [0.4, 0.5) is 32.2 Å². The van der Waals surface area contributed by atoms with Gasteiger partial charge in [-0.2, -0.15) is 19.0 Å². The van der Waals surface area contributed by atoms with Crippen molar-refractivity contribution < 1.29 is 44.3 Å². The lowest BCUT2D eigenvalue weighted by Gasteiger charge is -2.23. The zero-order chi connectivity index (χ0) is 41.3. The number of fused-ring (bicyclic) bond motifs is 4. The first-order valence-corrected chi connectivity index (χ1v) is 20.2. The number of pyridine rings is 1. The summed E-state index contributed by atoms with van der Waals surface area (Å²) in [5.41, 5.74) is -0.421. The van der Waals surface area contributed by atoms with Crippen LogP contribution in [0.3, 0.4) is 0 Å². The van der Waals surface area contributed by atoms with Crippen molar-refractivity contribution in [3.05, 3.63) is 93.0 Å². The Kier molecular flexibility index (Phi) is 10.2. The monoisotopic (exact) mass is 846 g/mol. The smallest absolute Gasteiger partial charge is 0.293 e. The lowest BCUT2D eigenvalue weighted by atomic mass is 9.93. The number of carbonyl (C=O) groups excluding carboxylic acids is 1. The number of hydrogen-bond acceptors (Lipinski definition) is 8. The summed E-state index contributed by atoms with van der Waals surface area (Å²) in [6.45, 7) is 0.617. The van der Waals surface area contributed by atoms with Crippen LogP contribution in [-0.4, -0.2) is 70.9 Å². The van der Waals surface area contributed by atoms with Gasteiger partial charge in [-0.05, 0) is 60.6 Å². The van der Waals surface area contributed by atoms with Gasteiger partial charge in [-0.3, -0.25) is 18.9 Å². The fraction of sp³-hybridized carbons (Fsp3) is 0.368. The molecule has 12 nitrogen and oxygen atoms in total. The van der Waals surface area contributed by atoms with Crippen molar-refractivity contribution >= 4 is 44.3 Å². The van der Waals surface area contributed by atoms with Crippen molar-refractivity contribution in [3.8, 4) is 23.0 Å². The number of nitrogens with zero attached hydrogens (tertiary/aromatic N) is 5. The quantitative estimate of drug-likeness (QED) is 0.120. The van der Waals surface area contributed by atoms with Crippen LogP contribution in [0.25, 0.3) is 22.0 Å². The summed E-state index contributed by atoms with van der Waals surface area (Å²) in [7, 11) is -2.27. The molecule has 3 aromatic heterocycles. The molecule has 5 aromatic rings. The van der Waals surface area contributed by atoms with Gasteiger partial charge in [0.05, 0.1) is 40.5 Å². The molecule has 0 radical (unpaired) electrons. The van der Waals surface area contributed by atoms with E-state index in [-0.39, 0.29) is 51.6 Å². The van der Waals surface area contributed by atoms with E-state index in [9.17, 15) is 30.8 Å². The molecule has 4 atom stereocenters. The summed E-state index contributed by atoms with van der Waals surface area (Å²) in [6.07, 6.45) is -2.98. The van der Waals surface area contributed by atoms with E-state index < -0.39 is 81.8 Å². The number of ether oxygens (including phenoxy) is 1. The highest BCUT2D eigenvalue weighted by Crippen LogP contribution is 2.68. The summed E-state index contributed by atoms with van der Waals surface area (Å²) in [4.78, 5) is 18.8. The highest BCUT2D eigenvalue weighted by Gasteiger charge is 2.67. The average Bonchev–Trinajstić information content (AvgIpc) is 3.69. The van der Waals surface area contributed by atoms with E-state index in [4.69, 9.17) is 21.3 Å². The predicted molar refractivity (Wildman–Crippen MR) is 200 cm³/mol. The summed E-state index contributed by atoms with van der Waals surface area (Å²) >= 11 is 6.61. The molecule has 1 amide bonds. The Morgan fingerprint density at radius 2 is 1.84 bits per heavy atom. The van der Waals surface area contributed by atoms with Gasteiger partial charge < -0.3 is 15.4 Å². The highest BCUT2D eigenvalue weighted by atomic mass is 35.5. The van der Waals surface area contributed by atoms with E-state index in [1.165, 1.54) is 10.7 Å². The van der Waals surface area contributed by atoms with E-state index in [0.29, 0.717) is 47.1 Å². The molecule has 2 unspecified atom stereocenters. The second-order valence-electron chi connectivity index (χ2n) is 14.4. The van der Waals surface area contributed by atoms with E-state index >= 15 is 8.78 Å². The Morgan fingerprint density at radius 1 is 1.10 bits per heavy atom. The maximum absolute atomic E-state index is 15.4. The molecular weight excluding hydrogens is 814 g/mol. The number of amides is 1. The van der Waals surface area contributed by atoms with E-state index in [0.717, 1.165) is 18.4 Å². The summed E-state index contributed by atoms with van der Waals surface area (Å²) in [5.74, 6) is -2.33. The molecule has 20 heteroatoms. The minimum atomic E-state index is -3.82. The Balaban J connectivity index is 1.26. The lowest BCUT2D eigenvalue weighted by Crippen LogP contribution is -2.37. The van der Waals surface area contributed by atoms with Crippen LogP contribution in [0.15, 0.2) is 42.5 Å². The largest absolute Gasteiger partial charge is 0.363 e. The number of rotatable bonds is 10. The highest BCUT2D eigenvalue weighted by molar-refractivity contribution is 7.92. The first kappa shape index (κ1) is 39.7. The second-order valence-corrected chi connectivity index (χ2v) is 16.6. The standard InChI is InChI=1S/C38H33ClF6N8O4S/c1-52-34-24(7-8-27(39)31(34)37(50-52)51-58(2,55)56)23-6-4-21(3-5-22-16-46-9-10-57-22)47-32(23)28(13-18-11-19(40)14-20(41)12-18)48-29(54)17-53-35-30(33(49-53)36(42)43)25-15-26(25)38(35,44)45/h4,6-8,11-12,14,22,25-26,28,36,46H,9-10,13,15-17H2,1-2H3,(H,48,54)(H,50,51)/t22?,25-,26+,28?/m0/s1. The van der Waals surface area contributed by atoms with Crippen LogP contribution in [0.5, 0.6) is 0 Å². The number of nitrogens with one attached hydrogen (secondary N) is 3. The van der Waals surface area contributed by atoms with E-state index in [1.807, 2.05) is 0 Å². The maximum atomic E-state index is 15.4. The number of aromatic nitrogens is 5. The molecule has 2 aliphatic carbocycles. The molecule has 1 saturated heterocycles. The van der Waals surface area contributed by atoms with Crippen LogP contribution in [0.2, 0.25) is 5.02 Å². The van der Waals surface area contributed by atoms with Gasteiger partial charge >= 0.3 is 0 Å². The number of sulfonamides is 1. The van der Waals surface area contributed by atoms with Crippen molar-refractivity contribution in [2.24, 2.45) is 13.0 Å². The number of benzene rings is 2. The van der Waals surface area contributed by atoms with Crippen LogP contribution >= 0.6 is 11.6 Å². The molecule has 1 aliphatic heterocycles. The fourth-order valence-electron chi connectivity index (χ4n) is 7.83. The Labute approximate surface area is 332 Å². The maximum Gasteiger partial charge on any atom is 0.293 e. The first-order valence-electron chi connectivity index (χ1n) is 18.0. The first-order chi connectivity index (χ1) is 27.5. The zero-order valence-corrected chi connectivity index (χ0v) is 32.2. The van der Waals surface area contributed by atoms with Crippen LogP contribution in [0, 0.1) is 29.4 Å². The third-order valence-corrected chi connectivity index (χ3v) is 11.1. The van der Waals surface area contributed by atoms with Crippen LogP contribution in [0.1, 0.15) is 58.7 Å². The van der Waals surface area contributed by atoms with Gasteiger partial charge in [0.1, 0.15) is 41.4 Å². The molecule has 0 bridgehead atoms. The third-order valence-electron chi connectivity index (χ3n) is 10.2. The van der Waals surface area contributed by atoms with Crippen molar-refractivity contribution in [2.75, 3.05) is 30.7 Å². The van der Waals surface area contributed by atoms with Crippen molar-refractivity contribution in [3.63, 3.8) is 0 Å². The molecule has 0 spiro atoms. The number of morpholine rings is 1. The van der Waals surface area contributed by atoms with Gasteiger partial charge in [-0.1, -0.05) is 23.6 Å². The van der Waals surface area contributed by atoms with Crippen molar-refractivity contribution in [1.29, 1.82) is 0 Å². The number of aryl methyl sites for hydroxylation is 1. The van der Waals surface area contributed by atoms with E-state index in [1.54, 1.807) is 25.2 Å². The van der Waals surface area contributed by atoms with Crippen LogP contribution in [-0.2, 0) is 45.5 Å². The molecule has 4 heterocycles. The van der Waals surface area contributed by atoms with Gasteiger partial charge in [0.25, 0.3) is 12.3 Å². The minimum Gasteiger partial charge on any atom is -0.363 e. The summed E-state index contributed by atoms with van der Waals surface area (Å²) in [5, 5.41) is 14.4. The van der Waals surface area contributed by atoms with Gasteiger partial charge in [0.15, 0.2) is 5.82 Å². The predicted octanol–water partition coefficient (Wildman–Crippen LogP) is 5.72. The second kappa shape index (κ2) is 14.9. The average molecular weight is 847 g/mol. The SMILES string of the molecule is Cn1nc(NS(C)(=O)=O)c2c(Cl)ccc(-c3ccc(C#CC4CNCCO4)nc3C(Cc3cc(F)cc(F)c3)NC(=O)Cn3nc(C(F)F)c4c3C(F)(F)[C@@H]3C[C@H]43)c21. The van der Waals surface area contributed by atoms with Gasteiger partial charge in [-0.15, -0.1) is 0 Å².